The van der Waals surface area contributed by atoms with Crippen LogP contribution in [0.5, 0.6) is 5.75 Å². The van der Waals surface area contributed by atoms with E-state index >= 15 is 0 Å². The number of hydrogen-bond acceptors (Lipinski definition) is 5. The molecule has 1 saturated heterocycles. The van der Waals surface area contributed by atoms with E-state index in [1.54, 1.807) is 12.0 Å². The van der Waals surface area contributed by atoms with Crippen molar-refractivity contribution in [2.45, 2.75) is 38.0 Å². The molecule has 0 bridgehead atoms. The number of rotatable bonds is 5. The fourth-order valence-corrected chi connectivity index (χ4v) is 3.23. The van der Waals surface area contributed by atoms with Crippen LogP contribution in [0.3, 0.4) is 0 Å². The standard InChI is InChI=1S/C17H23NO3S2/c1-11(2)14-10-21-16(22)18(14)15(19)9-17(3,23)12-5-7-13(20-4)8-6-12/h5-8,11,14,23H,9-10H2,1-4H3/t14-,17+/m1/s1. The fraction of sp³-hybridized carbons (Fsp3) is 0.529. The quantitative estimate of drug-likeness (QED) is 0.650. The molecule has 0 saturated carbocycles. The maximum Gasteiger partial charge on any atom is 0.266 e. The van der Waals surface area contributed by atoms with Crippen molar-refractivity contribution in [2.75, 3.05) is 13.7 Å². The fourth-order valence-electron chi connectivity index (χ4n) is 2.65. The third-order valence-electron chi connectivity index (χ3n) is 4.15. The highest BCUT2D eigenvalue weighted by Crippen LogP contribution is 2.34. The minimum atomic E-state index is -0.594. The Hall–Kier alpha value is -1.27. The number of thiocarbonyl (C=S) groups is 1. The molecule has 4 nitrogen and oxygen atoms in total. The van der Waals surface area contributed by atoms with Crippen molar-refractivity contribution in [1.82, 2.24) is 4.90 Å². The van der Waals surface area contributed by atoms with Gasteiger partial charge in [-0.25, -0.2) is 0 Å². The minimum absolute atomic E-state index is 0.00463. The van der Waals surface area contributed by atoms with E-state index in [9.17, 15) is 4.79 Å². The second-order valence-corrected chi connectivity index (χ2v) is 7.67. The smallest absolute Gasteiger partial charge is 0.266 e. The van der Waals surface area contributed by atoms with E-state index in [1.165, 1.54) is 0 Å². The molecule has 0 aliphatic carbocycles. The van der Waals surface area contributed by atoms with Crippen LogP contribution >= 0.6 is 24.8 Å². The molecule has 1 amide bonds. The Bertz CT molecular complexity index is 584. The largest absolute Gasteiger partial charge is 0.497 e. The van der Waals surface area contributed by atoms with Crippen LogP contribution in [0, 0.1) is 5.92 Å². The summed E-state index contributed by atoms with van der Waals surface area (Å²) in [6.07, 6.45) is 0.245. The molecule has 126 valence electrons. The van der Waals surface area contributed by atoms with Crippen molar-refractivity contribution >= 4 is 35.9 Å². The number of methoxy groups -OCH3 is 1. The van der Waals surface area contributed by atoms with Crippen molar-refractivity contribution in [3.63, 3.8) is 0 Å². The van der Waals surface area contributed by atoms with Gasteiger partial charge in [0.2, 0.25) is 5.91 Å². The van der Waals surface area contributed by atoms with Gasteiger partial charge in [-0.1, -0.05) is 26.0 Å². The van der Waals surface area contributed by atoms with Gasteiger partial charge in [-0.3, -0.25) is 9.69 Å². The Morgan fingerprint density at radius 3 is 2.61 bits per heavy atom. The summed E-state index contributed by atoms with van der Waals surface area (Å²) in [6.45, 7) is 6.52. The molecule has 6 heteroatoms. The lowest BCUT2D eigenvalue weighted by molar-refractivity contribution is -0.129. The van der Waals surface area contributed by atoms with Crippen molar-refractivity contribution in [1.29, 1.82) is 0 Å². The molecule has 0 spiro atoms. The number of benzene rings is 1. The summed E-state index contributed by atoms with van der Waals surface area (Å²) in [6, 6.07) is 7.59. The van der Waals surface area contributed by atoms with E-state index in [1.807, 2.05) is 31.2 Å². The Balaban J connectivity index is 2.15. The third kappa shape index (κ3) is 3.98. The van der Waals surface area contributed by atoms with Gasteiger partial charge in [-0.05, 0) is 42.8 Å². The lowest BCUT2D eigenvalue weighted by Gasteiger charge is -2.29. The van der Waals surface area contributed by atoms with Crippen LogP contribution in [-0.2, 0) is 14.3 Å². The van der Waals surface area contributed by atoms with E-state index in [4.69, 9.17) is 34.3 Å². The van der Waals surface area contributed by atoms with E-state index in [0.29, 0.717) is 6.61 Å². The van der Waals surface area contributed by atoms with Crippen LogP contribution in [0.4, 0.5) is 0 Å². The van der Waals surface area contributed by atoms with E-state index in [2.05, 4.69) is 13.8 Å². The maximum atomic E-state index is 12.8. The van der Waals surface area contributed by atoms with Crippen LogP contribution in [0.15, 0.2) is 24.3 Å². The second-order valence-electron chi connectivity index (χ2n) is 6.33. The van der Waals surface area contributed by atoms with Gasteiger partial charge < -0.3 is 9.47 Å². The molecule has 2 rings (SSSR count). The number of carbonyl (C=O) groups excluding carboxylic acids is 1. The van der Waals surface area contributed by atoms with Crippen LogP contribution < -0.4 is 4.74 Å². The zero-order chi connectivity index (χ0) is 17.2. The summed E-state index contributed by atoms with van der Waals surface area (Å²) in [5.74, 6) is 1.00. The van der Waals surface area contributed by atoms with Gasteiger partial charge in [-0.15, -0.1) is 0 Å². The van der Waals surface area contributed by atoms with Crippen LogP contribution in [0.2, 0.25) is 0 Å². The molecular weight excluding hydrogens is 330 g/mol. The predicted molar refractivity (Wildman–Crippen MR) is 98.0 cm³/mol. The highest BCUT2D eigenvalue weighted by molar-refractivity contribution is 7.81. The van der Waals surface area contributed by atoms with Gasteiger partial charge >= 0.3 is 0 Å². The van der Waals surface area contributed by atoms with E-state index < -0.39 is 4.75 Å². The molecule has 1 aliphatic heterocycles. The Morgan fingerprint density at radius 2 is 2.09 bits per heavy atom. The molecule has 0 radical (unpaired) electrons. The van der Waals surface area contributed by atoms with Gasteiger partial charge in [0.15, 0.2) is 0 Å². The molecule has 2 atom stereocenters. The Kier molecular flexibility index (Phi) is 5.57. The molecule has 1 fully saturated rings. The number of hydrogen-bond donors (Lipinski definition) is 1. The molecular formula is C17H23NO3S2. The van der Waals surface area contributed by atoms with Gasteiger partial charge in [0.25, 0.3) is 5.17 Å². The average molecular weight is 354 g/mol. The topological polar surface area (TPSA) is 38.8 Å². The van der Waals surface area contributed by atoms with Crippen molar-refractivity contribution < 1.29 is 14.3 Å². The average Bonchev–Trinajstić information content (AvgIpc) is 2.89. The van der Waals surface area contributed by atoms with Gasteiger partial charge in [-0.2, -0.15) is 12.6 Å². The van der Waals surface area contributed by atoms with Gasteiger partial charge in [0, 0.05) is 11.2 Å². The first-order valence-corrected chi connectivity index (χ1v) is 8.47. The summed E-state index contributed by atoms with van der Waals surface area (Å²) >= 11 is 9.90. The first-order chi connectivity index (χ1) is 10.8. The molecule has 1 aromatic carbocycles. The number of ether oxygens (including phenoxy) is 2. The number of nitrogens with zero attached hydrogens (tertiary/aromatic N) is 1. The maximum absolute atomic E-state index is 12.8. The SMILES string of the molecule is COc1ccc([C@@](C)(S)CC(=O)N2C(=S)OC[C@@H]2C(C)C)cc1. The summed E-state index contributed by atoms with van der Waals surface area (Å²) in [4.78, 5) is 14.4. The molecule has 1 heterocycles. The Morgan fingerprint density at radius 1 is 1.48 bits per heavy atom. The first-order valence-electron chi connectivity index (χ1n) is 7.62. The highest BCUT2D eigenvalue weighted by atomic mass is 32.1. The zero-order valence-electron chi connectivity index (χ0n) is 13.9. The highest BCUT2D eigenvalue weighted by Gasteiger charge is 2.39. The normalized spacial score (nSPS) is 20.3. The second kappa shape index (κ2) is 7.09. The zero-order valence-corrected chi connectivity index (χ0v) is 15.6. The third-order valence-corrected chi connectivity index (χ3v) is 4.88. The predicted octanol–water partition coefficient (Wildman–Crippen LogP) is 3.40. The van der Waals surface area contributed by atoms with Gasteiger partial charge in [0.05, 0.1) is 13.2 Å². The van der Waals surface area contributed by atoms with E-state index in [-0.39, 0.29) is 29.5 Å². The molecule has 1 aliphatic rings. The van der Waals surface area contributed by atoms with Crippen LogP contribution in [0.1, 0.15) is 32.8 Å². The Labute approximate surface area is 148 Å². The summed E-state index contributed by atoms with van der Waals surface area (Å²) in [5.41, 5.74) is 0.960. The lowest BCUT2D eigenvalue weighted by Crippen LogP contribution is -2.43. The molecule has 1 aromatic rings. The number of amides is 1. The minimum Gasteiger partial charge on any atom is -0.497 e. The van der Waals surface area contributed by atoms with Crippen molar-refractivity contribution in [3.05, 3.63) is 29.8 Å². The number of carbonyl (C=O) groups is 1. The van der Waals surface area contributed by atoms with Gasteiger partial charge in [0.1, 0.15) is 12.4 Å². The van der Waals surface area contributed by atoms with Crippen molar-refractivity contribution in [3.8, 4) is 5.75 Å². The lowest BCUT2D eigenvalue weighted by atomic mass is 9.95. The van der Waals surface area contributed by atoms with E-state index in [0.717, 1.165) is 11.3 Å². The summed E-state index contributed by atoms with van der Waals surface area (Å²) < 4.78 is 9.98. The summed E-state index contributed by atoms with van der Waals surface area (Å²) in [5, 5.41) is 0.271. The number of thiol groups is 1. The molecule has 0 unspecified atom stereocenters. The molecule has 0 aromatic heterocycles. The summed E-state index contributed by atoms with van der Waals surface area (Å²) in [7, 11) is 1.62. The monoisotopic (exact) mass is 353 g/mol. The van der Waals surface area contributed by atoms with Crippen LogP contribution in [-0.4, -0.2) is 35.7 Å². The van der Waals surface area contributed by atoms with Crippen LogP contribution in [0.25, 0.3) is 0 Å². The molecule has 0 N–H and O–H groups in total. The molecule has 23 heavy (non-hydrogen) atoms. The van der Waals surface area contributed by atoms with Crippen molar-refractivity contribution in [2.24, 2.45) is 5.92 Å². The first kappa shape index (κ1) is 18.1.